The summed E-state index contributed by atoms with van der Waals surface area (Å²) in [6.07, 6.45) is 0. The molecule has 0 fully saturated rings. The third kappa shape index (κ3) is 1.96. The Bertz CT molecular complexity index is 553. The number of benzene rings is 1. The lowest BCUT2D eigenvalue weighted by Crippen LogP contribution is -2.10. The highest BCUT2D eigenvalue weighted by atomic mass is 79.9. The fraction of sp³-hybridized carbons (Fsp3) is 0. The maximum absolute atomic E-state index is 13.0. The summed E-state index contributed by atoms with van der Waals surface area (Å²) < 4.78 is 13.3. The van der Waals surface area contributed by atoms with Crippen molar-refractivity contribution in [3.05, 3.63) is 40.2 Å². The van der Waals surface area contributed by atoms with Gasteiger partial charge in [0.25, 0.3) is 5.91 Å². The summed E-state index contributed by atoms with van der Waals surface area (Å²) in [5, 5.41) is 6.41. The van der Waals surface area contributed by atoms with E-state index in [0.29, 0.717) is 15.7 Å². The highest BCUT2D eigenvalue weighted by molar-refractivity contribution is 9.10. The number of halogens is 2. The van der Waals surface area contributed by atoms with Gasteiger partial charge in [-0.2, -0.15) is 5.10 Å². The van der Waals surface area contributed by atoms with E-state index in [4.69, 9.17) is 5.73 Å². The van der Waals surface area contributed by atoms with Crippen molar-refractivity contribution in [2.45, 2.75) is 0 Å². The summed E-state index contributed by atoms with van der Waals surface area (Å²) in [7, 11) is 0. The molecular formula is C10H7BrFN3O. The summed E-state index contributed by atoms with van der Waals surface area (Å²) >= 11 is 3.07. The van der Waals surface area contributed by atoms with Crippen LogP contribution in [0, 0.1) is 5.82 Å². The van der Waals surface area contributed by atoms with Crippen LogP contribution < -0.4 is 5.73 Å². The van der Waals surface area contributed by atoms with Gasteiger partial charge in [-0.25, -0.2) is 4.39 Å². The summed E-state index contributed by atoms with van der Waals surface area (Å²) in [6, 6.07) is 5.98. The lowest BCUT2D eigenvalue weighted by atomic mass is 10.1. The number of hydrogen-bond acceptors (Lipinski definition) is 2. The van der Waals surface area contributed by atoms with Crippen molar-refractivity contribution in [3.8, 4) is 11.3 Å². The molecular weight excluding hydrogens is 277 g/mol. The second-order valence-electron chi connectivity index (χ2n) is 3.16. The van der Waals surface area contributed by atoms with E-state index in [9.17, 15) is 9.18 Å². The molecule has 0 spiro atoms. The molecule has 2 rings (SSSR count). The van der Waals surface area contributed by atoms with Crippen LogP contribution in [0.15, 0.2) is 28.7 Å². The molecule has 1 amide bonds. The molecule has 0 aliphatic heterocycles. The van der Waals surface area contributed by atoms with E-state index in [2.05, 4.69) is 26.1 Å². The van der Waals surface area contributed by atoms with Crippen molar-refractivity contribution in [3.63, 3.8) is 0 Å². The predicted octanol–water partition coefficient (Wildman–Crippen LogP) is 2.08. The molecule has 0 aliphatic carbocycles. The zero-order valence-electron chi connectivity index (χ0n) is 8.00. The molecule has 82 valence electrons. The molecule has 16 heavy (non-hydrogen) atoms. The van der Waals surface area contributed by atoms with Crippen molar-refractivity contribution in [2.24, 2.45) is 5.73 Å². The number of aromatic nitrogens is 2. The number of nitrogens with one attached hydrogen (secondary N) is 1. The first-order valence-corrected chi connectivity index (χ1v) is 5.18. The maximum Gasteiger partial charge on any atom is 0.266 e. The Morgan fingerprint density at radius 2 is 2.19 bits per heavy atom. The van der Waals surface area contributed by atoms with Crippen LogP contribution in [-0.4, -0.2) is 16.1 Å². The van der Waals surface area contributed by atoms with E-state index in [-0.39, 0.29) is 11.5 Å². The minimum absolute atomic E-state index is 0.218. The molecule has 0 bridgehead atoms. The molecule has 0 aliphatic rings. The normalized spacial score (nSPS) is 10.4. The first-order chi connectivity index (χ1) is 7.58. The predicted molar refractivity (Wildman–Crippen MR) is 60.2 cm³/mol. The van der Waals surface area contributed by atoms with Gasteiger partial charge in [0.05, 0.1) is 10.2 Å². The van der Waals surface area contributed by atoms with E-state index in [0.717, 1.165) is 0 Å². The monoisotopic (exact) mass is 283 g/mol. The van der Waals surface area contributed by atoms with Crippen LogP contribution >= 0.6 is 15.9 Å². The molecule has 2 aromatic rings. The summed E-state index contributed by atoms with van der Waals surface area (Å²) in [5.74, 6) is -0.936. The van der Waals surface area contributed by atoms with Crippen LogP contribution in [0.25, 0.3) is 11.3 Å². The number of rotatable bonds is 2. The largest absolute Gasteiger partial charge is 0.364 e. The second-order valence-corrected chi connectivity index (χ2v) is 4.01. The molecule has 3 N–H and O–H groups in total. The number of hydrogen-bond donors (Lipinski definition) is 2. The molecule has 0 unspecified atom stereocenters. The zero-order valence-corrected chi connectivity index (χ0v) is 9.58. The molecule has 1 aromatic heterocycles. The highest BCUT2D eigenvalue weighted by Crippen LogP contribution is 2.24. The van der Waals surface area contributed by atoms with Gasteiger partial charge in [0.1, 0.15) is 11.5 Å². The molecule has 6 heteroatoms. The van der Waals surface area contributed by atoms with Crippen LogP contribution in [0.4, 0.5) is 4.39 Å². The SMILES string of the molecule is NC(=O)c1cc(-c2ccc(F)c(Br)c2)n[nH]1. The van der Waals surface area contributed by atoms with Crippen LogP contribution in [0.2, 0.25) is 0 Å². The third-order valence-electron chi connectivity index (χ3n) is 2.06. The van der Waals surface area contributed by atoms with Gasteiger partial charge >= 0.3 is 0 Å². The fourth-order valence-electron chi connectivity index (χ4n) is 1.25. The number of amides is 1. The second kappa shape index (κ2) is 4.05. The number of H-pyrrole nitrogens is 1. The average molecular weight is 284 g/mol. The minimum Gasteiger partial charge on any atom is -0.364 e. The number of carbonyl (C=O) groups excluding carboxylic acids is 1. The van der Waals surface area contributed by atoms with E-state index < -0.39 is 5.91 Å². The zero-order chi connectivity index (χ0) is 11.7. The fourth-order valence-corrected chi connectivity index (χ4v) is 1.63. The number of primary amides is 1. The Morgan fingerprint density at radius 1 is 1.44 bits per heavy atom. The summed E-state index contributed by atoms with van der Waals surface area (Å²) in [5.41, 5.74) is 6.53. The Kier molecular flexibility index (Phi) is 2.74. The van der Waals surface area contributed by atoms with Crippen LogP contribution in [0.1, 0.15) is 10.5 Å². The quantitative estimate of drug-likeness (QED) is 0.886. The Balaban J connectivity index is 2.42. The van der Waals surface area contributed by atoms with Gasteiger partial charge in [0.15, 0.2) is 0 Å². The lowest BCUT2D eigenvalue weighted by Gasteiger charge is -1.98. The van der Waals surface area contributed by atoms with Crippen LogP contribution in [-0.2, 0) is 0 Å². The van der Waals surface area contributed by atoms with Gasteiger partial charge in [-0.1, -0.05) is 0 Å². The molecule has 0 saturated carbocycles. The number of aromatic amines is 1. The topological polar surface area (TPSA) is 71.8 Å². The van der Waals surface area contributed by atoms with E-state index in [1.165, 1.54) is 12.1 Å². The van der Waals surface area contributed by atoms with E-state index >= 15 is 0 Å². The van der Waals surface area contributed by atoms with Crippen LogP contribution in [0.3, 0.4) is 0 Å². The summed E-state index contributed by atoms with van der Waals surface area (Å²) in [4.78, 5) is 10.8. The Morgan fingerprint density at radius 3 is 2.75 bits per heavy atom. The third-order valence-corrected chi connectivity index (χ3v) is 2.67. The Labute approximate surface area is 98.8 Å². The van der Waals surface area contributed by atoms with Crippen LogP contribution in [0.5, 0.6) is 0 Å². The molecule has 0 radical (unpaired) electrons. The van der Waals surface area contributed by atoms with Crippen molar-refractivity contribution in [1.82, 2.24) is 10.2 Å². The Hall–Kier alpha value is -1.69. The molecule has 1 aromatic carbocycles. The highest BCUT2D eigenvalue weighted by Gasteiger charge is 2.09. The van der Waals surface area contributed by atoms with Crippen molar-refractivity contribution < 1.29 is 9.18 Å². The van der Waals surface area contributed by atoms with Gasteiger partial charge in [-0.05, 0) is 40.2 Å². The average Bonchev–Trinajstić information content (AvgIpc) is 2.71. The van der Waals surface area contributed by atoms with Crippen molar-refractivity contribution in [2.75, 3.05) is 0 Å². The number of nitrogens with zero attached hydrogens (tertiary/aromatic N) is 1. The first-order valence-electron chi connectivity index (χ1n) is 4.38. The smallest absolute Gasteiger partial charge is 0.266 e. The molecule has 0 atom stereocenters. The van der Waals surface area contributed by atoms with E-state index in [1.807, 2.05) is 0 Å². The van der Waals surface area contributed by atoms with Crippen molar-refractivity contribution >= 4 is 21.8 Å². The van der Waals surface area contributed by atoms with E-state index in [1.54, 1.807) is 12.1 Å². The first kappa shape index (κ1) is 10.8. The van der Waals surface area contributed by atoms with Gasteiger partial charge < -0.3 is 5.73 Å². The lowest BCUT2D eigenvalue weighted by molar-refractivity contribution is 0.0995. The van der Waals surface area contributed by atoms with Gasteiger partial charge in [0, 0.05) is 5.56 Å². The van der Waals surface area contributed by atoms with Crippen molar-refractivity contribution in [1.29, 1.82) is 0 Å². The number of carbonyl (C=O) groups is 1. The van der Waals surface area contributed by atoms with Gasteiger partial charge in [-0.15, -0.1) is 0 Å². The molecule has 0 saturated heterocycles. The van der Waals surface area contributed by atoms with Gasteiger partial charge in [0.2, 0.25) is 0 Å². The standard InChI is InChI=1S/C10H7BrFN3O/c11-6-3-5(1-2-7(6)12)8-4-9(10(13)16)15-14-8/h1-4H,(H2,13,16)(H,14,15). The molecule has 1 heterocycles. The molecule has 4 nitrogen and oxygen atoms in total. The number of nitrogens with two attached hydrogens (primary N) is 1. The minimum atomic E-state index is -0.583. The maximum atomic E-state index is 13.0. The van der Waals surface area contributed by atoms with Gasteiger partial charge in [-0.3, -0.25) is 9.89 Å². The summed E-state index contributed by atoms with van der Waals surface area (Å²) in [6.45, 7) is 0.